The summed E-state index contributed by atoms with van der Waals surface area (Å²) in [5.74, 6) is 1.58. The lowest BCUT2D eigenvalue weighted by molar-refractivity contribution is 0.122. The van der Waals surface area contributed by atoms with E-state index in [1.807, 2.05) is 43.3 Å². The highest BCUT2D eigenvalue weighted by Gasteiger charge is 2.16. The fourth-order valence-corrected chi connectivity index (χ4v) is 3.75. The van der Waals surface area contributed by atoms with Gasteiger partial charge in [-0.15, -0.1) is 0 Å². The third kappa shape index (κ3) is 5.61. The van der Waals surface area contributed by atoms with Gasteiger partial charge in [-0.1, -0.05) is 42.0 Å². The van der Waals surface area contributed by atoms with Crippen LogP contribution in [0.1, 0.15) is 17.0 Å². The zero-order valence-corrected chi connectivity index (χ0v) is 19.3. The molecular weight excluding hydrogens is 446 g/mol. The van der Waals surface area contributed by atoms with Crippen molar-refractivity contribution in [3.05, 3.63) is 81.9 Å². The molecule has 0 spiro atoms. The Morgan fingerprint density at radius 3 is 2.83 bits per heavy atom. The fraction of sp³-hybridized carbons (Fsp3) is 0.240. The molecule has 178 valence electrons. The number of para-hydroxylation sites is 1. The molecule has 0 unspecified atom stereocenters. The Kier molecular flexibility index (Phi) is 6.62. The van der Waals surface area contributed by atoms with Crippen LogP contribution in [-0.2, 0) is 11.3 Å². The number of benzene rings is 2. The van der Waals surface area contributed by atoms with Gasteiger partial charge in [-0.3, -0.25) is 10.2 Å². The van der Waals surface area contributed by atoms with Crippen molar-refractivity contribution in [2.24, 2.45) is 5.10 Å². The second kappa shape index (κ2) is 10.3. The molecule has 0 radical (unpaired) electrons. The molecular formula is C25H25N7O3. The minimum absolute atomic E-state index is 0.0125. The maximum atomic E-state index is 12.4. The van der Waals surface area contributed by atoms with Gasteiger partial charge in [0, 0.05) is 19.2 Å². The number of fused-ring (bicyclic) bond motifs is 1. The van der Waals surface area contributed by atoms with Gasteiger partial charge >= 0.3 is 6.01 Å². The molecule has 10 heteroatoms. The van der Waals surface area contributed by atoms with Gasteiger partial charge in [0.1, 0.15) is 18.2 Å². The number of anilines is 2. The largest absolute Gasteiger partial charge is 0.455 e. The first-order valence-electron chi connectivity index (χ1n) is 11.3. The number of hydrogen-bond acceptors (Lipinski definition) is 9. The first-order valence-corrected chi connectivity index (χ1v) is 11.3. The highest BCUT2D eigenvalue weighted by molar-refractivity contribution is 5.80. The first-order chi connectivity index (χ1) is 17.1. The number of aromatic amines is 1. The van der Waals surface area contributed by atoms with Crippen LogP contribution in [0.3, 0.4) is 0 Å². The third-order valence-electron chi connectivity index (χ3n) is 5.46. The lowest BCUT2D eigenvalue weighted by atomic mass is 10.2. The molecule has 0 saturated carbocycles. The molecule has 0 aliphatic carbocycles. The summed E-state index contributed by atoms with van der Waals surface area (Å²) in [6.45, 7) is 4.71. The molecule has 0 atom stereocenters. The van der Waals surface area contributed by atoms with Crippen molar-refractivity contribution in [3.8, 4) is 6.01 Å². The zero-order chi connectivity index (χ0) is 24.0. The van der Waals surface area contributed by atoms with Gasteiger partial charge in [-0.2, -0.15) is 15.1 Å². The smallest absolute Gasteiger partial charge is 0.320 e. The lowest BCUT2D eigenvalue weighted by Crippen LogP contribution is -2.36. The summed E-state index contributed by atoms with van der Waals surface area (Å²) in [7, 11) is 0. The van der Waals surface area contributed by atoms with E-state index in [0.717, 1.165) is 11.1 Å². The summed E-state index contributed by atoms with van der Waals surface area (Å²) in [5.41, 5.74) is 5.48. The quantitative estimate of drug-likeness (QED) is 0.312. The second-order valence-corrected chi connectivity index (χ2v) is 8.10. The Balaban J connectivity index is 1.37. The van der Waals surface area contributed by atoms with E-state index >= 15 is 0 Å². The van der Waals surface area contributed by atoms with E-state index in [2.05, 4.69) is 35.4 Å². The molecule has 0 amide bonds. The predicted octanol–water partition coefficient (Wildman–Crippen LogP) is 2.88. The number of ether oxygens (including phenoxy) is 2. The number of H-pyrrole nitrogens is 1. The molecule has 1 fully saturated rings. The second-order valence-electron chi connectivity index (χ2n) is 8.10. The lowest BCUT2D eigenvalue weighted by Gasteiger charge is -2.28. The van der Waals surface area contributed by atoms with E-state index in [0.29, 0.717) is 54.7 Å². The van der Waals surface area contributed by atoms with E-state index in [-0.39, 0.29) is 18.2 Å². The van der Waals surface area contributed by atoms with E-state index in [1.165, 1.54) is 0 Å². The average molecular weight is 472 g/mol. The molecule has 4 aromatic rings. The minimum Gasteiger partial charge on any atom is -0.455 e. The van der Waals surface area contributed by atoms with Crippen LogP contribution in [0.25, 0.3) is 10.9 Å². The van der Waals surface area contributed by atoms with Crippen molar-refractivity contribution in [2.45, 2.75) is 13.5 Å². The van der Waals surface area contributed by atoms with Crippen LogP contribution in [-0.4, -0.2) is 52.5 Å². The van der Waals surface area contributed by atoms with Gasteiger partial charge in [0.2, 0.25) is 0 Å². The van der Waals surface area contributed by atoms with Crippen LogP contribution in [0.5, 0.6) is 6.01 Å². The monoisotopic (exact) mass is 471 g/mol. The molecule has 1 saturated heterocycles. The van der Waals surface area contributed by atoms with Crippen LogP contribution in [0.15, 0.2) is 64.5 Å². The van der Waals surface area contributed by atoms with Gasteiger partial charge in [-0.25, -0.2) is 4.98 Å². The molecule has 10 nitrogen and oxygen atoms in total. The van der Waals surface area contributed by atoms with Crippen molar-refractivity contribution in [1.82, 2.24) is 19.9 Å². The maximum absolute atomic E-state index is 12.4. The Bertz CT molecular complexity index is 1410. The first kappa shape index (κ1) is 22.5. The van der Waals surface area contributed by atoms with Gasteiger partial charge in [-0.05, 0) is 24.6 Å². The molecule has 2 N–H and O–H groups in total. The van der Waals surface area contributed by atoms with Crippen molar-refractivity contribution in [1.29, 1.82) is 0 Å². The van der Waals surface area contributed by atoms with Crippen LogP contribution in [0.2, 0.25) is 0 Å². The summed E-state index contributed by atoms with van der Waals surface area (Å²) in [4.78, 5) is 30.7. The Labute approximate surface area is 201 Å². The van der Waals surface area contributed by atoms with Crippen molar-refractivity contribution in [2.75, 3.05) is 36.6 Å². The molecule has 2 aromatic carbocycles. The van der Waals surface area contributed by atoms with Crippen molar-refractivity contribution < 1.29 is 9.47 Å². The Morgan fingerprint density at radius 2 is 1.97 bits per heavy atom. The van der Waals surface area contributed by atoms with Crippen molar-refractivity contribution in [3.63, 3.8) is 0 Å². The summed E-state index contributed by atoms with van der Waals surface area (Å²) >= 11 is 0. The summed E-state index contributed by atoms with van der Waals surface area (Å²) in [6.07, 6.45) is 1.73. The molecule has 2 aromatic heterocycles. The number of aryl methyl sites for hydroxylation is 1. The Hall–Kier alpha value is -4.31. The number of rotatable bonds is 7. The summed E-state index contributed by atoms with van der Waals surface area (Å²) in [6, 6.07) is 17.2. The predicted molar refractivity (Wildman–Crippen MR) is 134 cm³/mol. The van der Waals surface area contributed by atoms with Gasteiger partial charge in [0.25, 0.3) is 5.56 Å². The number of aromatic nitrogens is 4. The normalized spacial score (nSPS) is 13.9. The molecule has 1 aliphatic rings. The molecule has 35 heavy (non-hydrogen) atoms. The number of nitrogens with zero attached hydrogens (tertiary/aromatic N) is 5. The van der Waals surface area contributed by atoms with Gasteiger partial charge in [0.15, 0.2) is 5.82 Å². The van der Waals surface area contributed by atoms with Crippen LogP contribution >= 0.6 is 0 Å². The summed E-state index contributed by atoms with van der Waals surface area (Å²) in [5, 5.41) is 4.85. The third-order valence-corrected chi connectivity index (χ3v) is 5.46. The molecule has 0 bridgehead atoms. The van der Waals surface area contributed by atoms with Gasteiger partial charge < -0.3 is 19.4 Å². The molecule has 5 rings (SSSR count). The van der Waals surface area contributed by atoms with E-state index < -0.39 is 0 Å². The van der Waals surface area contributed by atoms with E-state index in [9.17, 15) is 4.79 Å². The maximum Gasteiger partial charge on any atom is 0.320 e. The number of hydrogen-bond donors (Lipinski definition) is 2. The molecule has 1 aliphatic heterocycles. The fourth-order valence-electron chi connectivity index (χ4n) is 3.75. The minimum atomic E-state index is -0.218. The van der Waals surface area contributed by atoms with Crippen molar-refractivity contribution >= 4 is 28.8 Å². The van der Waals surface area contributed by atoms with E-state index in [4.69, 9.17) is 9.47 Å². The topological polar surface area (TPSA) is 118 Å². The SMILES string of the molecule is Cc1cccc(/C=N/Nc2cc(N3CCOCC3)nc(OCc3nc4ccccc4c(=O)[nH]3)n2)c1. The van der Waals surface area contributed by atoms with E-state index in [1.54, 1.807) is 24.4 Å². The Morgan fingerprint density at radius 1 is 1.11 bits per heavy atom. The summed E-state index contributed by atoms with van der Waals surface area (Å²) < 4.78 is 11.3. The van der Waals surface area contributed by atoms with Crippen LogP contribution in [0, 0.1) is 6.92 Å². The van der Waals surface area contributed by atoms with Gasteiger partial charge in [0.05, 0.1) is 30.3 Å². The molecule has 3 heterocycles. The standard InChI is InChI=1S/C25H25N7O3/c1-17-5-4-6-18(13-17)15-26-31-21-14-23(32-9-11-34-12-10-32)30-25(29-21)35-16-22-27-20-8-3-2-7-19(20)24(33)28-22/h2-8,13-15H,9-12,16H2,1H3,(H,27,28,33)(H,29,30,31)/b26-15+. The highest BCUT2D eigenvalue weighted by atomic mass is 16.5. The average Bonchev–Trinajstić information content (AvgIpc) is 2.88. The number of morpholine rings is 1. The highest BCUT2D eigenvalue weighted by Crippen LogP contribution is 2.21. The number of hydrazone groups is 1. The van der Waals surface area contributed by atoms with Crippen LogP contribution in [0.4, 0.5) is 11.6 Å². The van der Waals surface area contributed by atoms with Crippen LogP contribution < -0.4 is 20.6 Å². The number of nitrogens with one attached hydrogen (secondary N) is 2. The zero-order valence-electron chi connectivity index (χ0n) is 19.3.